The second-order valence-corrected chi connectivity index (χ2v) is 11.5. The molecule has 1 fully saturated rings. The fraction of sp³-hybridized carbons (Fsp3) is 0.281. The first-order valence-corrected chi connectivity index (χ1v) is 15.3. The third-order valence-corrected chi connectivity index (χ3v) is 8.15. The number of amides is 3. The predicted molar refractivity (Wildman–Crippen MR) is 168 cm³/mol. The van der Waals surface area contributed by atoms with Crippen LogP contribution in [0.1, 0.15) is 50.2 Å². The number of thioether (sulfide) groups is 1. The summed E-state index contributed by atoms with van der Waals surface area (Å²) in [6, 6.07) is 20.1. The lowest BCUT2D eigenvalue weighted by atomic mass is 9.95. The zero-order chi connectivity index (χ0) is 32.1. The normalized spacial score (nSPS) is 15.1. The summed E-state index contributed by atoms with van der Waals surface area (Å²) in [6.45, 7) is 6.49. The average Bonchev–Trinajstić information content (AvgIpc) is 3.64. The number of benzene rings is 3. The largest absolute Gasteiger partial charge is 0.573 e. The molecule has 2 heterocycles. The number of para-hydroxylation sites is 1. The second-order valence-electron chi connectivity index (χ2n) is 10.6. The topological polar surface area (TPSA) is 102 Å². The van der Waals surface area contributed by atoms with E-state index in [4.69, 9.17) is 0 Å². The Labute approximate surface area is 262 Å². The summed E-state index contributed by atoms with van der Waals surface area (Å²) < 4.78 is 42.7. The van der Waals surface area contributed by atoms with E-state index in [2.05, 4.69) is 39.0 Å². The first kappa shape index (κ1) is 31.8. The van der Waals surface area contributed by atoms with Gasteiger partial charge in [0.2, 0.25) is 5.91 Å². The second kappa shape index (κ2) is 13.6. The summed E-state index contributed by atoms with van der Waals surface area (Å²) in [5.74, 6) is 0.444. The zero-order valence-electron chi connectivity index (χ0n) is 24.8. The lowest BCUT2D eigenvalue weighted by Gasteiger charge is -2.21. The summed E-state index contributed by atoms with van der Waals surface area (Å²) in [5.41, 5.74) is 4.04. The van der Waals surface area contributed by atoms with Gasteiger partial charge in [0.1, 0.15) is 12.1 Å². The minimum absolute atomic E-state index is 0.0155. The van der Waals surface area contributed by atoms with Crippen LogP contribution in [0.15, 0.2) is 84.1 Å². The zero-order valence-corrected chi connectivity index (χ0v) is 25.6. The number of amidine groups is 1. The van der Waals surface area contributed by atoms with Crippen LogP contribution < -0.4 is 15.0 Å². The summed E-state index contributed by atoms with van der Waals surface area (Å²) in [6.07, 6.45) is -2.52. The van der Waals surface area contributed by atoms with Crippen molar-refractivity contribution in [2.24, 2.45) is 4.99 Å². The number of aromatic nitrogens is 3. The molecule has 1 unspecified atom stereocenters. The molecule has 1 saturated heterocycles. The third kappa shape index (κ3) is 7.72. The van der Waals surface area contributed by atoms with Crippen LogP contribution in [0.25, 0.3) is 17.1 Å². The van der Waals surface area contributed by atoms with E-state index < -0.39 is 12.4 Å². The highest BCUT2D eigenvalue weighted by Gasteiger charge is 2.32. The van der Waals surface area contributed by atoms with Crippen molar-refractivity contribution >= 4 is 34.6 Å². The number of hydrogen-bond acceptors (Lipinski definition) is 6. The van der Waals surface area contributed by atoms with Gasteiger partial charge in [-0.2, -0.15) is 4.99 Å². The van der Waals surface area contributed by atoms with E-state index in [-0.39, 0.29) is 29.2 Å². The first-order chi connectivity index (χ1) is 21.5. The van der Waals surface area contributed by atoms with Crippen LogP contribution in [-0.4, -0.2) is 50.5 Å². The number of anilines is 1. The molecule has 3 amide bonds. The van der Waals surface area contributed by atoms with E-state index in [1.807, 2.05) is 55.5 Å². The molecule has 4 aromatic rings. The van der Waals surface area contributed by atoms with Crippen molar-refractivity contribution in [3.05, 3.63) is 90.3 Å². The predicted octanol–water partition coefficient (Wildman–Crippen LogP) is 7.30. The minimum atomic E-state index is -4.76. The first-order valence-electron chi connectivity index (χ1n) is 14.3. The summed E-state index contributed by atoms with van der Waals surface area (Å²) in [5, 5.41) is 7.70. The van der Waals surface area contributed by atoms with E-state index in [9.17, 15) is 22.8 Å². The quantitative estimate of drug-likeness (QED) is 0.207. The van der Waals surface area contributed by atoms with Gasteiger partial charge in [-0.15, -0.1) is 18.3 Å². The molecule has 0 saturated carbocycles. The summed E-state index contributed by atoms with van der Waals surface area (Å²) >= 11 is 1.25. The van der Waals surface area contributed by atoms with Gasteiger partial charge < -0.3 is 10.1 Å². The van der Waals surface area contributed by atoms with E-state index >= 15 is 0 Å². The Morgan fingerprint density at radius 1 is 1.07 bits per heavy atom. The molecule has 13 heteroatoms. The molecule has 9 nitrogen and oxygen atoms in total. The number of urea groups is 1. The Hall–Kier alpha value is -4.65. The maximum Gasteiger partial charge on any atom is 0.573 e. The van der Waals surface area contributed by atoms with Gasteiger partial charge in [-0.05, 0) is 53.8 Å². The molecule has 1 aliphatic heterocycles. The number of hydrogen-bond donors (Lipinski definition) is 1. The van der Waals surface area contributed by atoms with Crippen molar-refractivity contribution in [2.45, 2.75) is 45.4 Å². The Kier molecular flexibility index (Phi) is 9.57. The number of nitrogens with one attached hydrogen (secondary N) is 1. The molecule has 1 aliphatic rings. The van der Waals surface area contributed by atoms with Gasteiger partial charge in [0.25, 0.3) is 0 Å². The molecule has 45 heavy (non-hydrogen) atoms. The van der Waals surface area contributed by atoms with Crippen LogP contribution in [0, 0.1) is 0 Å². The van der Waals surface area contributed by atoms with Crippen LogP contribution >= 0.6 is 11.8 Å². The number of alkyl halides is 3. The maximum absolute atomic E-state index is 12.9. The van der Waals surface area contributed by atoms with Crippen LogP contribution in [0.4, 0.5) is 23.7 Å². The molecule has 0 aliphatic carbocycles. The third-order valence-electron chi connectivity index (χ3n) is 7.22. The molecule has 0 spiro atoms. The van der Waals surface area contributed by atoms with Crippen LogP contribution in [0.3, 0.4) is 0 Å². The average molecular weight is 637 g/mol. The van der Waals surface area contributed by atoms with Crippen molar-refractivity contribution in [2.75, 3.05) is 17.2 Å². The van der Waals surface area contributed by atoms with E-state index in [1.54, 1.807) is 0 Å². The fourth-order valence-electron chi connectivity index (χ4n) is 4.92. The lowest BCUT2D eigenvalue weighted by molar-refractivity contribution is -0.274. The van der Waals surface area contributed by atoms with Crippen LogP contribution in [-0.2, 0) is 4.79 Å². The molecule has 234 valence electrons. The molecule has 5 rings (SSSR count). The van der Waals surface area contributed by atoms with Gasteiger partial charge >= 0.3 is 12.4 Å². The van der Waals surface area contributed by atoms with Gasteiger partial charge in [0.15, 0.2) is 11.0 Å². The van der Waals surface area contributed by atoms with Crippen molar-refractivity contribution in [1.82, 2.24) is 20.1 Å². The van der Waals surface area contributed by atoms with Crippen molar-refractivity contribution in [3.8, 4) is 22.8 Å². The number of aliphatic imine (C=N–C) groups is 1. The van der Waals surface area contributed by atoms with Gasteiger partial charge in [0, 0.05) is 18.0 Å². The number of carbonyl (C=O) groups is 2. The van der Waals surface area contributed by atoms with E-state index in [0.717, 1.165) is 28.8 Å². The Bertz CT molecular complexity index is 1690. The molecule has 0 bridgehead atoms. The van der Waals surface area contributed by atoms with Crippen molar-refractivity contribution in [1.29, 1.82) is 0 Å². The molecule has 1 atom stereocenters. The Balaban J connectivity index is 1.22. The molecular formula is C32H31F3N6O3S. The molecule has 1 N–H and O–H groups in total. The molecule has 3 aromatic carbocycles. The monoisotopic (exact) mass is 636 g/mol. The van der Waals surface area contributed by atoms with E-state index in [0.29, 0.717) is 23.2 Å². The minimum Gasteiger partial charge on any atom is -0.406 e. The number of nitrogens with zero attached hydrogens (tertiary/aromatic N) is 5. The molecule has 0 radical (unpaired) electrons. The highest BCUT2D eigenvalue weighted by molar-refractivity contribution is 8.15. The van der Waals surface area contributed by atoms with Gasteiger partial charge in [-0.1, -0.05) is 75.0 Å². The molecular weight excluding hydrogens is 605 g/mol. The summed E-state index contributed by atoms with van der Waals surface area (Å²) in [7, 11) is 0. The SMILES string of the molecule is CCC(CNC(=O)N=C1SCC(=O)N1c1ccccc1C(C)C)c1ccc(-c2ncn(-c3ccc(OC(F)(F)F)cc3)n2)cc1. The fourth-order valence-corrected chi connectivity index (χ4v) is 5.78. The Morgan fingerprint density at radius 3 is 2.44 bits per heavy atom. The number of halogens is 3. The number of carbonyl (C=O) groups excluding carboxylic acids is 2. The van der Waals surface area contributed by atoms with E-state index in [1.165, 1.54) is 51.9 Å². The van der Waals surface area contributed by atoms with Gasteiger partial charge in [-0.3, -0.25) is 9.69 Å². The smallest absolute Gasteiger partial charge is 0.406 e. The maximum atomic E-state index is 12.9. The number of rotatable bonds is 9. The highest BCUT2D eigenvalue weighted by atomic mass is 32.2. The Morgan fingerprint density at radius 2 is 1.78 bits per heavy atom. The van der Waals surface area contributed by atoms with Gasteiger partial charge in [0.05, 0.1) is 17.1 Å². The standard InChI is InChI=1S/C32H31F3N6O3S/c1-4-21(17-36-30(43)38-31-41(28(42)18-45-31)27-8-6-5-7-26(27)20(2)3)22-9-11-23(12-10-22)29-37-19-40(39-29)24-13-15-25(16-14-24)44-32(33,34)35/h5-16,19-21H,4,17-18H2,1-3H3,(H,36,43). The van der Waals surface area contributed by atoms with Crippen molar-refractivity contribution in [3.63, 3.8) is 0 Å². The van der Waals surface area contributed by atoms with Crippen molar-refractivity contribution < 1.29 is 27.5 Å². The highest BCUT2D eigenvalue weighted by Crippen LogP contribution is 2.33. The lowest BCUT2D eigenvalue weighted by Crippen LogP contribution is -2.33. The summed E-state index contributed by atoms with van der Waals surface area (Å²) in [4.78, 5) is 35.7. The van der Waals surface area contributed by atoms with Crippen LogP contribution in [0.2, 0.25) is 0 Å². The van der Waals surface area contributed by atoms with Gasteiger partial charge in [-0.25, -0.2) is 14.5 Å². The molecule has 1 aromatic heterocycles. The van der Waals surface area contributed by atoms with Crippen LogP contribution in [0.5, 0.6) is 5.75 Å². The number of ether oxygens (including phenoxy) is 1.